The molecule has 23 heavy (non-hydrogen) atoms. The van der Waals surface area contributed by atoms with Gasteiger partial charge in [0, 0.05) is 22.0 Å². The third-order valence-corrected chi connectivity index (χ3v) is 3.34. The van der Waals surface area contributed by atoms with E-state index in [1.807, 2.05) is 0 Å². The minimum Gasteiger partial charge on any atom is -0.399 e. The maximum Gasteiger partial charge on any atom is 0.198 e. The molecule has 0 saturated heterocycles. The van der Waals surface area contributed by atoms with Crippen molar-refractivity contribution in [2.45, 2.75) is 13.0 Å². The number of halogens is 1. The molecule has 0 radical (unpaired) electrons. The first-order valence-electron chi connectivity index (χ1n) is 6.74. The Morgan fingerprint density at radius 2 is 1.74 bits per heavy atom. The van der Waals surface area contributed by atoms with Gasteiger partial charge in [-0.05, 0) is 49.4 Å². The third kappa shape index (κ3) is 4.14. The number of carbonyl (C=O) groups is 2. The van der Waals surface area contributed by atoms with Crippen LogP contribution in [0.15, 0.2) is 52.7 Å². The Kier molecular flexibility index (Phi) is 5.08. The molecule has 0 heterocycles. The maximum atomic E-state index is 12.5. The fourth-order valence-corrected chi connectivity index (χ4v) is 2.01. The van der Waals surface area contributed by atoms with Crippen molar-refractivity contribution in [3.8, 4) is 0 Å². The van der Waals surface area contributed by atoms with E-state index in [1.54, 1.807) is 30.3 Å². The molecule has 0 aliphatic rings. The van der Waals surface area contributed by atoms with Crippen molar-refractivity contribution in [1.29, 1.82) is 0 Å². The van der Waals surface area contributed by atoms with E-state index in [9.17, 15) is 9.59 Å². The van der Waals surface area contributed by atoms with E-state index in [2.05, 4.69) is 10.2 Å². The molecule has 0 aliphatic carbocycles. The van der Waals surface area contributed by atoms with E-state index in [0.717, 1.165) is 0 Å². The van der Waals surface area contributed by atoms with Gasteiger partial charge in [0.25, 0.3) is 0 Å². The molecule has 6 nitrogen and oxygen atoms in total. The fraction of sp³-hybridized carbons (Fsp3) is 0.125. The van der Waals surface area contributed by atoms with Crippen molar-refractivity contribution in [2.24, 2.45) is 10.2 Å². The first-order chi connectivity index (χ1) is 10.9. The van der Waals surface area contributed by atoms with Crippen LogP contribution in [0.25, 0.3) is 0 Å². The second-order valence-corrected chi connectivity index (χ2v) is 5.35. The highest BCUT2D eigenvalue weighted by molar-refractivity contribution is 6.30. The number of hydrogen-bond donors (Lipinski definition) is 2. The zero-order valence-corrected chi connectivity index (χ0v) is 13.1. The molecule has 2 aromatic rings. The van der Waals surface area contributed by atoms with Gasteiger partial charge in [-0.2, -0.15) is 10.2 Å². The number of Topliss-reactive ketones (excluding diaryl/α,β-unsaturated/α-hetero) is 2. The minimum absolute atomic E-state index is 0.153. The van der Waals surface area contributed by atoms with Crippen molar-refractivity contribution in [3.63, 3.8) is 0 Å². The molecule has 2 rings (SSSR count). The molecule has 0 spiro atoms. The predicted molar refractivity (Wildman–Crippen MR) is 90.0 cm³/mol. The Morgan fingerprint density at radius 3 is 2.35 bits per heavy atom. The number of hydrogen-bond acceptors (Lipinski definition) is 6. The summed E-state index contributed by atoms with van der Waals surface area (Å²) in [4.78, 5) is 24.3. The van der Waals surface area contributed by atoms with Crippen molar-refractivity contribution in [2.75, 3.05) is 11.5 Å². The van der Waals surface area contributed by atoms with Crippen LogP contribution in [0, 0.1) is 0 Å². The van der Waals surface area contributed by atoms with Crippen molar-refractivity contribution < 1.29 is 9.59 Å². The first kappa shape index (κ1) is 16.6. The number of nitrogen functional groups attached to an aromatic ring is 2. The zero-order chi connectivity index (χ0) is 17.0. The molecule has 2 aromatic carbocycles. The number of anilines is 2. The van der Waals surface area contributed by atoms with Crippen LogP contribution >= 0.6 is 11.6 Å². The van der Waals surface area contributed by atoms with E-state index in [-0.39, 0.29) is 11.3 Å². The van der Waals surface area contributed by atoms with Gasteiger partial charge in [-0.3, -0.25) is 9.59 Å². The minimum atomic E-state index is -1.27. The molecule has 0 amide bonds. The monoisotopic (exact) mass is 330 g/mol. The van der Waals surface area contributed by atoms with Crippen LogP contribution in [-0.2, 0) is 4.79 Å². The largest absolute Gasteiger partial charge is 0.399 e. The summed E-state index contributed by atoms with van der Waals surface area (Å²) >= 11 is 5.78. The number of rotatable bonds is 5. The van der Waals surface area contributed by atoms with Crippen molar-refractivity contribution in [1.82, 2.24) is 0 Å². The van der Waals surface area contributed by atoms with Crippen LogP contribution in [0.1, 0.15) is 17.3 Å². The number of nitrogens with zero attached hydrogens (tertiary/aromatic N) is 2. The lowest BCUT2D eigenvalue weighted by Gasteiger charge is -2.10. The second-order valence-electron chi connectivity index (χ2n) is 4.92. The number of nitrogens with two attached hydrogens (primary N) is 2. The number of benzene rings is 2. The molecule has 0 aliphatic heterocycles. The summed E-state index contributed by atoms with van der Waals surface area (Å²) in [5, 5.41) is 8.33. The summed E-state index contributed by atoms with van der Waals surface area (Å²) in [7, 11) is 0. The van der Waals surface area contributed by atoms with Gasteiger partial charge in [-0.25, -0.2) is 0 Å². The molecule has 4 N–H and O–H groups in total. The van der Waals surface area contributed by atoms with Gasteiger partial charge in [0.15, 0.2) is 17.6 Å². The van der Waals surface area contributed by atoms with Crippen molar-refractivity contribution in [3.05, 3.63) is 53.1 Å². The van der Waals surface area contributed by atoms with Gasteiger partial charge in [-0.15, -0.1) is 0 Å². The fourth-order valence-electron chi connectivity index (χ4n) is 1.89. The quantitative estimate of drug-likeness (QED) is 0.378. The molecular weight excluding hydrogens is 316 g/mol. The van der Waals surface area contributed by atoms with Crippen LogP contribution in [-0.4, -0.2) is 17.6 Å². The van der Waals surface area contributed by atoms with Gasteiger partial charge in [0.05, 0.1) is 5.69 Å². The molecule has 1 atom stereocenters. The van der Waals surface area contributed by atoms with Gasteiger partial charge in [-0.1, -0.05) is 11.6 Å². The topological polar surface area (TPSA) is 111 Å². The third-order valence-electron chi connectivity index (χ3n) is 3.09. The van der Waals surface area contributed by atoms with Crippen LogP contribution in [0.4, 0.5) is 17.1 Å². The maximum absolute atomic E-state index is 12.5. The summed E-state index contributed by atoms with van der Waals surface area (Å²) in [6, 6.07) is 9.76. The molecule has 0 aromatic heterocycles. The lowest BCUT2D eigenvalue weighted by molar-refractivity contribution is -0.117. The molecular formula is C16H15ClN4O2. The van der Waals surface area contributed by atoms with Crippen LogP contribution < -0.4 is 11.5 Å². The van der Waals surface area contributed by atoms with Crippen LogP contribution in [0.3, 0.4) is 0 Å². The smallest absolute Gasteiger partial charge is 0.198 e. The summed E-state index contributed by atoms with van der Waals surface area (Å²) < 4.78 is 0. The highest BCUT2D eigenvalue weighted by atomic mass is 35.5. The van der Waals surface area contributed by atoms with E-state index >= 15 is 0 Å². The summed E-state index contributed by atoms with van der Waals surface area (Å²) in [6.45, 7) is 1.27. The lowest BCUT2D eigenvalue weighted by Crippen LogP contribution is -2.27. The van der Waals surface area contributed by atoms with Crippen LogP contribution in [0.2, 0.25) is 5.02 Å². The standard InChI is InChI=1S/C16H15ClN4O2/c1-9(22)15(21-20-12-5-2-10(17)3-6-12)16(23)13-8-11(18)4-7-14(13)19/h2-8,15H,18-19H2,1H3/b21-20+. The molecule has 118 valence electrons. The molecule has 0 saturated carbocycles. The van der Waals surface area contributed by atoms with Crippen LogP contribution in [0.5, 0.6) is 0 Å². The Balaban J connectivity index is 2.31. The predicted octanol–water partition coefficient (Wildman–Crippen LogP) is 3.43. The van der Waals surface area contributed by atoms with Gasteiger partial charge >= 0.3 is 0 Å². The van der Waals surface area contributed by atoms with Gasteiger partial charge < -0.3 is 11.5 Å². The Hall–Kier alpha value is -2.73. The second kappa shape index (κ2) is 7.02. The average Bonchev–Trinajstić information content (AvgIpc) is 2.51. The number of carbonyl (C=O) groups excluding carboxylic acids is 2. The zero-order valence-electron chi connectivity index (χ0n) is 12.4. The van der Waals surface area contributed by atoms with E-state index in [0.29, 0.717) is 16.4 Å². The normalized spacial score (nSPS) is 12.3. The number of azo groups is 1. The highest BCUT2D eigenvalue weighted by Crippen LogP contribution is 2.21. The van der Waals surface area contributed by atoms with E-state index in [4.69, 9.17) is 23.1 Å². The van der Waals surface area contributed by atoms with Gasteiger partial charge in [0.1, 0.15) is 0 Å². The Bertz CT molecular complexity index is 772. The molecule has 0 fully saturated rings. The molecule has 1 unspecified atom stereocenters. The lowest BCUT2D eigenvalue weighted by atomic mass is 10.00. The molecule has 0 bridgehead atoms. The Morgan fingerprint density at radius 1 is 1.09 bits per heavy atom. The first-order valence-corrected chi connectivity index (χ1v) is 7.12. The summed E-state index contributed by atoms with van der Waals surface area (Å²) in [5.41, 5.74) is 12.7. The highest BCUT2D eigenvalue weighted by Gasteiger charge is 2.26. The SMILES string of the molecule is CC(=O)C(/N=N/c1ccc(Cl)cc1)C(=O)c1cc(N)ccc1N. The van der Waals surface area contributed by atoms with Crippen molar-refractivity contribution >= 4 is 40.2 Å². The summed E-state index contributed by atoms with van der Waals surface area (Å²) in [6.07, 6.45) is 0. The van der Waals surface area contributed by atoms with E-state index < -0.39 is 17.6 Å². The number of ketones is 2. The van der Waals surface area contributed by atoms with Gasteiger partial charge in [0.2, 0.25) is 0 Å². The summed E-state index contributed by atoms with van der Waals surface area (Å²) in [5.74, 6) is -0.977. The van der Waals surface area contributed by atoms with E-state index in [1.165, 1.54) is 19.1 Å². The Labute approximate surface area is 138 Å². The average molecular weight is 331 g/mol. The molecule has 7 heteroatoms.